The molecule has 0 bridgehead atoms. The molecule has 0 aromatic heterocycles. The molecule has 0 fully saturated rings. The second-order valence-electron chi connectivity index (χ2n) is 4.64. The Morgan fingerprint density at radius 3 is 2.35 bits per heavy atom. The number of hydrogen-bond acceptors (Lipinski definition) is 2. The van der Waals surface area contributed by atoms with Gasteiger partial charge in [-0.2, -0.15) is 0 Å². The van der Waals surface area contributed by atoms with Crippen LogP contribution in [0.4, 0.5) is 10.1 Å². The smallest absolute Gasteiger partial charge is 0.238 e. The first kappa shape index (κ1) is 14.2. The van der Waals surface area contributed by atoms with Gasteiger partial charge in [-0.15, -0.1) is 0 Å². The van der Waals surface area contributed by atoms with Crippen molar-refractivity contribution in [3.8, 4) is 0 Å². The molecular weight excluding hydrogens is 255 g/mol. The van der Waals surface area contributed by atoms with E-state index in [0.717, 1.165) is 5.56 Å². The number of nitrogens with one attached hydrogen (secondary N) is 2. The molecule has 0 atom stereocenters. The minimum absolute atomic E-state index is 0.149. The first-order chi connectivity index (χ1) is 9.63. The van der Waals surface area contributed by atoms with Gasteiger partial charge in [0.25, 0.3) is 0 Å². The van der Waals surface area contributed by atoms with Crippen LogP contribution >= 0.6 is 0 Å². The molecule has 104 valence electrons. The molecular formula is C16H17FN2O. The Kier molecular flexibility index (Phi) is 4.85. The molecule has 20 heavy (non-hydrogen) atoms. The zero-order chi connectivity index (χ0) is 14.4. The van der Waals surface area contributed by atoms with Crippen molar-refractivity contribution in [1.82, 2.24) is 5.32 Å². The molecule has 3 nitrogen and oxygen atoms in total. The van der Waals surface area contributed by atoms with Crippen LogP contribution in [-0.4, -0.2) is 12.5 Å². The van der Waals surface area contributed by atoms with Crippen LogP contribution in [0.1, 0.15) is 11.1 Å². The number of amides is 1. The minimum Gasteiger partial charge on any atom is -0.325 e. The second-order valence-corrected chi connectivity index (χ2v) is 4.64. The summed E-state index contributed by atoms with van der Waals surface area (Å²) in [6.45, 7) is 2.88. The molecule has 0 aliphatic carbocycles. The molecule has 0 unspecified atom stereocenters. The van der Waals surface area contributed by atoms with Crippen molar-refractivity contribution in [1.29, 1.82) is 0 Å². The average Bonchev–Trinajstić information content (AvgIpc) is 2.44. The van der Waals surface area contributed by atoms with Crippen molar-refractivity contribution in [2.75, 3.05) is 11.9 Å². The van der Waals surface area contributed by atoms with Gasteiger partial charge >= 0.3 is 0 Å². The van der Waals surface area contributed by atoms with E-state index >= 15 is 0 Å². The number of halogens is 1. The Bertz CT molecular complexity index is 564. The van der Waals surface area contributed by atoms with E-state index in [4.69, 9.17) is 0 Å². The largest absolute Gasteiger partial charge is 0.325 e. The second kappa shape index (κ2) is 6.82. The van der Waals surface area contributed by atoms with Crippen LogP contribution in [0.5, 0.6) is 0 Å². The van der Waals surface area contributed by atoms with Gasteiger partial charge in [0.2, 0.25) is 5.91 Å². The van der Waals surface area contributed by atoms with Crippen LogP contribution in [0.15, 0.2) is 48.5 Å². The molecule has 2 aromatic rings. The van der Waals surface area contributed by atoms with Gasteiger partial charge in [0.05, 0.1) is 6.54 Å². The molecule has 0 spiro atoms. The molecule has 0 aliphatic heterocycles. The number of aryl methyl sites for hydroxylation is 1. The summed E-state index contributed by atoms with van der Waals surface area (Å²) in [5.41, 5.74) is 2.93. The van der Waals surface area contributed by atoms with Crippen molar-refractivity contribution in [2.24, 2.45) is 0 Å². The van der Waals surface area contributed by atoms with Gasteiger partial charge in [0.1, 0.15) is 5.82 Å². The highest BCUT2D eigenvalue weighted by molar-refractivity contribution is 5.92. The summed E-state index contributed by atoms with van der Waals surface area (Å²) in [7, 11) is 0. The molecule has 1 amide bonds. The Morgan fingerprint density at radius 1 is 1.05 bits per heavy atom. The number of hydrogen-bond donors (Lipinski definition) is 2. The maximum atomic E-state index is 12.7. The highest BCUT2D eigenvalue weighted by Crippen LogP contribution is 2.07. The lowest BCUT2D eigenvalue weighted by molar-refractivity contribution is -0.115. The quantitative estimate of drug-likeness (QED) is 0.878. The minimum atomic E-state index is -0.319. The maximum Gasteiger partial charge on any atom is 0.238 e. The van der Waals surface area contributed by atoms with Gasteiger partial charge in [-0.1, -0.05) is 29.8 Å². The van der Waals surface area contributed by atoms with Gasteiger partial charge in [0.15, 0.2) is 0 Å². The van der Waals surface area contributed by atoms with E-state index in [2.05, 4.69) is 10.6 Å². The number of carbonyl (C=O) groups is 1. The van der Waals surface area contributed by atoms with Crippen LogP contribution in [-0.2, 0) is 11.3 Å². The van der Waals surface area contributed by atoms with E-state index in [1.807, 2.05) is 31.2 Å². The SMILES string of the molecule is Cc1ccc(CNCC(=O)Nc2ccc(F)cc2)cc1. The number of carbonyl (C=O) groups excluding carboxylic acids is 1. The topological polar surface area (TPSA) is 41.1 Å². The van der Waals surface area contributed by atoms with E-state index in [0.29, 0.717) is 12.2 Å². The third-order valence-electron chi connectivity index (χ3n) is 2.86. The lowest BCUT2D eigenvalue weighted by atomic mass is 10.1. The first-order valence-corrected chi connectivity index (χ1v) is 6.45. The third kappa shape index (κ3) is 4.48. The Balaban J connectivity index is 1.75. The highest BCUT2D eigenvalue weighted by Gasteiger charge is 2.02. The molecule has 2 rings (SSSR count). The zero-order valence-corrected chi connectivity index (χ0v) is 11.3. The summed E-state index contributed by atoms with van der Waals surface area (Å²) in [6.07, 6.45) is 0. The summed E-state index contributed by atoms with van der Waals surface area (Å²) < 4.78 is 12.7. The van der Waals surface area contributed by atoms with Gasteiger partial charge in [-0.25, -0.2) is 4.39 Å². The molecule has 0 aliphatic rings. The fourth-order valence-electron chi connectivity index (χ4n) is 1.76. The highest BCUT2D eigenvalue weighted by atomic mass is 19.1. The predicted molar refractivity (Wildman–Crippen MR) is 77.9 cm³/mol. The predicted octanol–water partition coefficient (Wildman–Crippen LogP) is 2.86. The monoisotopic (exact) mass is 272 g/mol. The van der Waals surface area contributed by atoms with Gasteiger partial charge in [0, 0.05) is 12.2 Å². The van der Waals surface area contributed by atoms with Crippen LogP contribution in [0.2, 0.25) is 0 Å². The normalized spacial score (nSPS) is 10.3. The van der Waals surface area contributed by atoms with E-state index in [1.54, 1.807) is 0 Å². The summed E-state index contributed by atoms with van der Waals surface area (Å²) in [5, 5.41) is 5.76. The number of rotatable bonds is 5. The molecule has 0 heterocycles. The van der Waals surface area contributed by atoms with Crippen LogP contribution in [0, 0.1) is 12.7 Å². The van der Waals surface area contributed by atoms with Gasteiger partial charge in [-0.3, -0.25) is 4.79 Å². The molecule has 4 heteroatoms. The maximum absolute atomic E-state index is 12.7. The standard InChI is InChI=1S/C16H17FN2O/c1-12-2-4-13(5-3-12)10-18-11-16(20)19-15-8-6-14(17)7-9-15/h2-9,18H,10-11H2,1H3,(H,19,20). The number of anilines is 1. The van der Waals surface area contributed by atoms with E-state index < -0.39 is 0 Å². The first-order valence-electron chi connectivity index (χ1n) is 6.45. The fourth-order valence-corrected chi connectivity index (χ4v) is 1.76. The van der Waals surface area contributed by atoms with E-state index in [9.17, 15) is 9.18 Å². The Morgan fingerprint density at radius 2 is 1.70 bits per heavy atom. The van der Waals surface area contributed by atoms with Crippen molar-refractivity contribution in [3.63, 3.8) is 0 Å². The summed E-state index contributed by atoms with van der Waals surface area (Å²) in [4.78, 5) is 11.7. The molecule has 2 aromatic carbocycles. The van der Waals surface area contributed by atoms with E-state index in [1.165, 1.54) is 29.8 Å². The van der Waals surface area contributed by atoms with Crippen LogP contribution < -0.4 is 10.6 Å². The Hall–Kier alpha value is -2.20. The Labute approximate surface area is 117 Å². The fraction of sp³-hybridized carbons (Fsp3) is 0.188. The lowest BCUT2D eigenvalue weighted by Gasteiger charge is -2.07. The van der Waals surface area contributed by atoms with Crippen molar-refractivity contribution in [3.05, 3.63) is 65.5 Å². The summed E-state index contributed by atoms with van der Waals surface area (Å²) in [6, 6.07) is 13.8. The van der Waals surface area contributed by atoms with Crippen molar-refractivity contribution < 1.29 is 9.18 Å². The van der Waals surface area contributed by atoms with Gasteiger partial charge in [-0.05, 0) is 36.8 Å². The van der Waals surface area contributed by atoms with Crippen molar-refractivity contribution >= 4 is 11.6 Å². The molecule has 0 radical (unpaired) electrons. The molecule has 0 saturated carbocycles. The van der Waals surface area contributed by atoms with Crippen molar-refractivity contribution in [2.45, 2.75) is 13.5 Å². The van der Waals surface area contributed by atoms with E-state index in [-0.39, 0.29) is 18.3 Å². The molecule has 2 N–H and O–H groups in total. The third-order valence-corrected chi connectivity index (χ3v) is 2.86. The summed E-state index contributed by atoms with van der Waals surface area (Å²) in [5.74, 6) is -0.468. The average molecular weight is 272 g/mol. The van der Waals surface area contributed by atoms with Gasteiger partial charge < -0.3 is 10.6 Å². The van der Waals surface area contributed by atoms with Crippen LogP contribution in [0.3, 0.4) is 0 Å². The number of benzene rings is 2. The zero-order valence-electron chi connectivity index (χ0n) is 11.3. The lowest BCUT2D eigenvalue weighted by Crippen LogP contribution is -2.27. The molecule has 0 saturated heterocycles. The van der Waals surface area contributed by atoms with Crippen LogP contribution in [0.25, 0.3) is 0 Å². The summed E-state index contributed by atoms with van der Waals surface area (Å²) >= 11 is 0.